The van der Waals surface area contributed by atoms with Gasteiger partial charge in [0, 0.05) is 42.1 Å². The molecule has 8 rings (SSSR count). The van der Waals surface area contributed by atoms with Gasteiger partial charge >= 0.3 is 0 Å². The zero-order valence-electron chi connectivity index (χ0n) is 23.1. The normalized spacial score (nSPS) is 11.1. The van der Waals surface area contributed by atoms with Crippen molar-refractivity contribution >= 4 is 53.4 Å². The van der Waals surface area contributed by atoms with E-state index in [0.717, 1.165) is 49.8 Å². The second kappa shape index (κ2) is 9.97. The number of nitrogens with zero attached hydrogens (tertiary/aromatic N) is 3. The minimum Gasteiger partial charge on any atom is -0.455 e. The first-order chi connectivity index (χ1) is 21.7. The van der Waals surface area contributed by atoms with E-state index in [-0.39, 0.29) is 16.7 Å². The molecule has 0 fully saturated rings. The summed E-state index contributed by atoms with van der Waals surface area (Å²) in [4.78, 5) is 0. The van der Waals surface area contributed by atoms with Crippen molar-refractivity contribution in [2.75, 3.05) is 0 Å². The van der Waals surface area contributed by atoms with Crippen molar-refractivity contribution in [3.05, 3.63) is 132 Å². The Morgan fingerprint density at radius 2 is 1.14 bits per heavy atom. The quantitative estimate of drug-likeness (QED) is 0.209. The lowest BCUT2D eigenvalue weighted by molar-refractivity contribution is 0.670. The van der Waals surface area contributed by atoms with E-state index in [4.69, 9.17) is 4.42 Å². The highest BCUT2D eigenvalue weighted by atomic mass is 32.1. The molecule has 0 saturated carbocycles. The number of benzene rings is 6. The van der Waals surface area contributed by atoms with Crippen molar-refractivity contribution in [2.24, 2.45) is 0 Å². The van der Waals surface area contributed by atoms with Gasteiger partial charge in [0.2, 0.25) is 0 Å². The van der Waals surface area contributed by atoms with Gasteiger partial charge in [-0.15, -0.1) is 11.3 Å². The second-order valence-electron chi connectivity index (χ2n) is 10.6. The fourth-order valence-corrected chi connectivity index (χ4v) is 7.46. The first kappa shape index (κ1) is 25.5. The summed E-state index contributed by atoms with van der Waals surface area (Å²) < 4.78 is 8.80. The van der Waals surface area contributed by atoms with Crippen LogP contribution in [0.1, 0.15) is 16.7 Å². The van der Waals surface area contributed by atoms with Crippen molar-refractivity contribution < 1.29 is 4.42 Å². The average molecular weight is 578 g/mol. The van der Waals surface area contributed by atoms with Crippen molar-refractivity contribution in [1.82, 2.24) is 0 Å². The maximum Gasteiger partial charge on any atom is 0.143 e. The molecule has 0 amide bonds. The average Bonchev–Trinajstić information content (AvgIpc) is 3.66. The van der Waals surface area contributed by atoms with Crippen LogP contribution in [0.5, 0.6) is 0 Å². The van der Waals surface area contributed by atoms with E-state index in [9.17, 15) is 15.8 Å². The summed E-state index contributed by atoms with van der Waals surface area (Å²) >= 11 is 1.75. The van der Waals surface area contributed by atoms with Crippen LogP contribution in [-0.2, 0) is 0 Å². The molecular weight excluding hydrogens is 559 g/mol. The van der Waals surface area contributed by atoms with Gasteiger partial charge in [-0.25, -0.2) is 0 Å². The van der Waals surface area contributed by atoms with Crippen LogP contribution < -0.4 is 0 Å². The monoisotopic (exact) mass is 577 g/mol. The zero-order valence-corrected chi connectivity index (χ0v) is 23.9. The highest BCUT2D eigenvalue weighted by Crippen LogP contribution is 2.44. The van der Waals surface area contributed by atoms with Gasteiger partial charge in [-0.05, 0) is 64.7 Å². The standard InChI is InChI=1S/C39H19N3OS/c40-20-23-15-27(21-41)37(28(16-23)22-42)26-18-24(29-9-5-11-33-31-7-1-3-13-35(31)43-38(29)33)17-25(19-26)30-10-6-12-34-32-8-2-4-14-36(32)44-39(30)34/h1-19H. The molecule has 202 valence electrons. The third-order valence-electron chi connectivity index (χ3n) is 8.16. The summed E-state index contributed by atoms with van der Waals surface area (Å²) in [5.41, 5.74) is 7.50. The minimum atomic E-state index is 0.278. The van der Waals surface area contributed by atoms with E-state index < -0.39 is 0 Å². The topological polar surface area (TPSA) is 84.5 Å². The van der Waals surface area contributed by atoms with E-state index in [0.29, 0.717) is 5.56 Å². The molecule has 2 heterocycles. The Labute approximate surface area is 256 Å². The summed E-state index contributed by atoms with van der Waals surface area (Å²) in [7, 11) is 0. The van der Waals surface area contributed by atoms with E-state index >= 15 is 0 Å². The molecule has 0 atom stereocenters. The number of hydrogen-bond donors (Lipinski definition) is 0. The van der Waals surface area contributed by atoms with Crippen molar-refractivity contribution in [3.8, 4) is 51.6 Å². The van der Waals surface area contributed by atoms with Gasteiger partial charge < -0.3 is 4.42 Å². The maximum atomic E-state index is 10.2. The Morgan fingerprint density at radius 3 is 1.89 bits per heavy atom. The Balaban J connectivity index is 1.47. The van der Waals surface area contributed by atoms with Gasteiger partial charge in [0.15, 0.2) is 0 Å². The third-order valence-corrected chi connectivity index (χ3v) is 9.38. The molecule has 0 aliphatic heterocycles. The van der Waals surface area contributed by atoms with Gasteiger partial charge in [0.1, 0.15) is 11.2 Å². The van der Waals surface area contributed by atoms with Crippen LogP contribution in [0.15, 0.2) is 120 Å². The molecule has 0 saturated heterocycles. The van der Waals surface area contributed by atoms with Crippen LogP contribution in [0.3, 0.4) is 0 Å². The molecule has 0 unspecified atom stereocenters. The molecule has 8 aromatic rings. The molecule has 44 heavy (non-hydrogen) atoms. The fraction of sp³-hybridized carbons (Fsp3) is 0. The third kappa shape index (κ3) is 3.88. The molecule has 2 aromatic heterocycles. The van der Waals surface area contributed by atoms with Crippen molar-refractivity contribution in [1.29, 1.82) is 15.8 Å². The predicted octanol–water partition coefficient (Wildman–Crippen LogP) is 10.6. The summed E-state index contributed by atoms with van der Waals surface area (Å²) in [6.45, 7) is 0. The van der Waals surface area contributed by atoms with Crippen molar-refractivity contribution in [2.45, 2.75) is 0 Å². The second-order valence-corrected chi connectivity index (χ2v) is 11.7. The van der Waals surface area contributed by atoms with Crippen LogP contribution in [0, 0.1) is 34.0 Å². The molecule has 6 aromatic carbocycles. The maximum absolute atomic E-state index is 10.2. The molecular formula is C39H19N3OS. The molecule has 5 heteroatoms. The number of thiophene rings is 1. The Morgan fingerprint density at radius 1 is 0.523 bits per heavy atom. The molecule has 0 radical (unpaired) electrons. The van der Waals surface area contributed by atoms with Crippen molar-refractivity contribution in [3.63, 3.8) is 0 Å². The molecule has 4 nitrogen and oxygen atoms in total. The van der Waals surface area contributed by atoms with Gasteiger partial charge in [-0.1, -0.05) is 72.8 Å². The number of hydrogen-bond acceptors (Lipinski definition) is 5. The summed E-state index contributed by atoms with van der Waals surface area (Å²) in [5.74, 6) is 0. The smallest absolute Gasteiger partial charge is 0.143 e. The lowest BCUT2D eigenvalue weighted by Crippen LogP contribution is -1.94. The minimum absolute atomic E-state index is 0.278. The molecule has 0 aliphatic rings. The van der Waals surface area contributed by atoms with Crippen LogP contribution in [0.25, 0.3) is 75.5 Å². The number of nitriles is 3. The van der Waals surface area contributed by atoms with Gasteiger partial charge in [0.05, 0.1) is 34.9 Å². The van der Waals surface area contributed by atoms with Crippen LogP contribution >= 0.6 is 11.3 Å². The molecule has 0 N–H and O–H groups in total. The fourth-order valence-electron chi connectivity index (χ4n) is 6.23. The van der Waals surface area contributed by atoms with Gasteiger partial charge in [-0.2, -0.15) is 15.8 Å². The largest absolute Gasteiger partial charge is 0.455 e. The summed E-state index contributed by atoms with van der Waals surface area (Å²) in [6, 6.07) is 44.8. The van der Waals surface area contributed by atoms with E-state index in [1.807, 2.05) is 42.5 Å². The van der Waals surface area contributed by atoms with E-state index in [2.05, 4.69) is 78.9 Å². The number of para-hydroxylation sites is 2. The summed E-state index contributed by atoms with van der Waals surface area (Å²) in [5, 5.41) is 34.3. The van der Waals surface area contributed by atoms with Gasteiger partial charge in [0.25, 0.3) is 0 Å². The lowest BCUT2D eigenvalue weighted by atomic mass is 9.88. The molecule has 0 spiro atoms. The summed E-state index contributed by atoms with van der Waals surface area (Å²) in [6.07, 6.45) is 0. The number of fused-ring (bicyclic) bond motifs is 6. The molecule has 0 aliphatic carbocycles. The van der Waals surface area contributed by atoms with E-state index in [1.165, 1.54) is 20.2 Å². The first-order valence-electron chi connectivity index (χ1n) is 14.0. The van der Waals surface area contributed by atoms with Crippen LogP contribution in [0.4, 0.5) is 0 Å². The van der Waals surface area contributed by atoms with Crippen LogP contribution in [0.2, 0.25) is 0 Å². The Bertz CT molecular complexity index is 2440. The number of rotatable bonds is 3. The highest BCUT2D eigenvalue weighted by molar-refractivity contribution is 7.26. The van der Waals surface area contributed by atoms with E-state index in [1.54, 1.807) is 23.5 Å². The van der Waals surface area contributed by atoms with Gasteiger partial charge in [-0.3, -0.25) is 0 Å². The van der Waals surface area contributed by atoms with Crippen LogP contribution in [-0.4, -0.2) is 0 Å². The first-order valence-corrected chi connectivity index (χ1v) is 14.8. The number of furan rings is 1. The molecule has 0 bridgehead atoms. The Hall–Kier alpha value is -6.19. The lowest BCUT2D eigenvalue weighted by Gasteiger charge is -2.14. The SMILES string of the molecule is N#Cc1cc(C#N)c(-c2cc(-c3cccc4c3oc3ccccc34)cc(-c3cccc4c3sc3ccccc34)c2)c(C#N)c1. The Kier molecular flexibility index (Phi) is 5.78. The highest BCUT2D eigenvalue weighted by Gasteiger charge is 2.19. The zero-order chi connectivity index (χ0) is 29.8. The predicted molar refractivity (Wildman–Crippen MR) is 177 cm³/mol.